The number of anilines is 1. The second kappa shape index (κ2) is 10.1. The van der Waals surface area contributed by atoms with Crippen molar-refractivity contribution in [3.8, 4) is 5.75 Å². The van der Waals surface area contributed by atoms with E-state index in [9.17, 15) is 9.59 Å². The van der Waals surface area contributed by atoms with Crippen LogP contribution < -0.4 is 15.4 Å². The van der Waals surface area contributed by atoms with Crippen molar-refractivity contribution in [2.24, 2.45) is 0 Å². The second-order valence-electron chi connectivity index (χ2n) is 6.30. The van der Waals surface area contributed by atoms with Crippen molar-refractivity contribution in [2.75, 3.05) is 32.6 Å². The first-order valence-electron chi connectivity index (χ1n) is 8.51. The second-order valence-corrected chi connectivity index (χ2v) is 7.22. The Bertz CT molecular complexity index is 794. The summed E-state index contributed by atoms with van der Waals surface area (Å²) in [5, 5.41) is 5.71. The maximum atomic E-state index is 12.2. The van der Waals surface area contributed by atoms with E-state index >= 15 is 0 Å². The van der Waals surface area contributed by atoms with Crippen LogP contribution in [0.5, 0.6) is 5.75 Å². The third kappa shape index (κ3) is 7.03. The van der Waals surface area contributed by atoms with E-state index in [1.807, 2.05) is 49.4 Å². The molecule has 0 aliphatic carbocycles. The minimum Gasteiger partial charge on any atom is -0.497 e. The van der Waals surface area contributed by atoms with Gasteiger partial charge in [0, 0.05) is 16.7 Å². The van der Waals surface area contributed by atoms with E-state index in [4.69, 9.17) is 4.74 Å². The number of nitrogens with one attached hydrogen (secondary N) is 2. The molecule has 0 aromatic heterocycles. The van der Waals surface area contributed by atoms with E-state index in [-0.39, 0.29) is 24.9 Å². The Hall–Kier alpha value is -2.38. The summed E-state index contributed by atoms with van der Waals surface area (Å²) in [6.45, 7) is 2.63. The molecule has 0 fully saturated rings. The minimum atomic E-state index is -0.161. The summed E-state index contributed by atoms with van der Waals surface area (Å²) >= 11 is 3.40. The minimum absolute atomic E-state index is 0.130. The quantitative estimate of drug-likeness (QED) is 0.671. The summed E-state index contributed by atoms with van der Waals surface area (Å²) in [6.07, 6.45) is 0. The van der Waals surface area contributed by atoms with E-state index in [0.717, 1.165) is 27.0 Å². The van der Waals surface area contributed by atoms with Gasteiger partial charge in [0.2, 0.25) is 11.8 Å². The number of amides is 2. The molecule has 0 spiro atoms. The number of hydrogen-bond donors (Lipinski definition) is 2. The fraction of sp³-hybridized carbons (Fsp3) is 0.300. The Kier molecular flexibility index (Phi) is 7.82. The Labute approximate surface area is 168 Å². The van der Waals surface area contributed by atoms with Gasteiger partial charge in [-0.2, -0.15) is 0 Å². The molecule has 0 saturated heterocycles. The molecule has 2 rings (SSSR count). The van der Waals surface area contributed by atoms with Crippen molar-refractivity contribution in [1.82, 2.24) is 10.2 Å². The molecule has 2 aromatic carbocycles. The summed E-state index contributed by atoms with van der Waals surface area (Å²) < 4.78 is 6.07. The molecule has 0 bridgehead atoms. The SMILES string of the molecule is COc1ccc(CNC(=O)CN(C)CC(=O)Nc2ccc(Br)cc2C)cc1. The normalized spacial score (nSPS) is 10.6. The zero-order valence-electron chi connectivity index (χ0n) is 15.7. The number of rotatable bonds is 8. The lowest BCUT2D eigenvalue weighted by Gasteiger charge is -2.17. The van der Waals surface area contributed by atoms with Crippen LogP contribution in [0.2, 0.25) is 0 Å². The van der Waals surface area contributed by atoms with Gasteiger partial charge in [-0.25, -0.2) is 0 Å². The van der Waals surface area contributed by atoms with E-state index in [1.54, 1.807) is 19.1 Å². The van der Waals surface area contributed by atoms with Crippen LogP contribution in [0.1, 0.15) is 11.1 Å². The number of benzene rings is 2. The van der Waals surface area contributed by atoms with Crippen LogP contribution in [-0.2, 0) is 16.1 Å². The molecule has 2 amide bonds. The van der Waals surface area contributed by atoms with E-state index < -0.39 is 0 Å². The van der Waals surface area contributed by atoms with Crippen LogP contribution >= 0.6 is 15.9 Å². The lowest BCUT2D eigenvalue weighted by Crippen LogP contribution is -2.38. The molecular formula is C20H24BrN3O3. The number of nitrogens with zero attached hydrogens (tertiary/aromatic N) is 1. The number of ether oxygens (including phenoxy) is 1. The Morgan fingerprint density at radius 3 is 2.37 bits per heavy atom. The molecule has 144 valence electrons. The van der Waals surface area contributed by atoms with Crippen LogP contribution in [0.3, 0.4) is 0 Å². The number of hydrogen-bond acceptors (Lipinski definition) is 4. The number of aryl methyl sites for hydroxylation is 1. The Morgan fingerprint density at radius 1 is 1.07 bits per heavy atom. The van der Waals surface area contributed by atoms with Crippen molar-refractivity contribution in [1.29, 1.82) is 0 Å². The molecule has 0 saturated carbocycles. The molecule has 27 heavy (non-hydrogen) atoms. The Balaban J connectivity index is 1.75. The third-order valence-electron chi connectivity index (χ3n) is 3.94. The van der Waals surface area contributed by atoms with Gasteiger partial charge in [0.25, 0.3) is 0 Å². The van der Waals surface area contributed by atoms with Crippen LogP contribution in [-0.4, -0.2) is 44.0 Å². The lowest BCUT2D eigenvalue weighted by molar-refractivity contribution is -0.123. The van der Waals surface area contributed by atoms with Crippen molar-refractivity contribution in [3.05, 3.63) is 58.1 Å². The highest BCUT2D eigenvalue weighted by Crippen LogP contribution is 2.19. The molecule has 6 nitrogen and oxygen atoms in total. The average Bonchev–Trinajstić information content (AvgIpc) is 2.62. The van der Waals surface area contributed by atoms with Gasteiger partial charge in [0.1, 0.15) is 5.75 Å². The topological polar surface area (TPSA) is 70.7 Å². The number of carbonyl (C=O) groups excluding carboxylic acids is 2. The van der Waals surface area contributed by atoms with Gasteiger partial charge in [-0.3, -0.25) is 14.5 Å². The van der Waals surface area contributed by atoms with Gasteiger partial charge in [0.05, 0.1) is 20.2 Å². The summed E-state index contributed by atoms with van der Waals surface area (Å²) in [4.78, 5) is 25.9. The summed E-state index contributed by atoms with van der Waals surface area (Å²) in [5.41, 5.74) is 2.72. The largest absolute Gasteiger partial charge is 0.497 e. The first-order chi connectivity index (χ1) is 12.9. The van der Waals surface area contributed by atoms with Crippen LogP contribution in [0.25, 0.3) is 0 Å². The molecular weight excluding hydrogens is 410 g/mol. The maximum Gasteiger partial charge on any atom is 0.238 e. The zero-order chi connectivity index (χ0) is 19.8. The predicted molar refractivity (Wildman–Crippen MR) is 110 cm³/mol. The van der Waals surface area contributed by atoms with Gasteiger partial charge < -0.3 is 15.4 Å². The highest BCUT2D eigenvalue weighted by Gasteiger charge is 2.12. The molecule has 0 aliphatic rings. The number of methoxy groups -OCH3 is 1. The summed E-state index contributed by atoms with van der Waals surface area (Å²) in [6, 6.07) is 13.2. The highest BCUT2D eigenvalue weighted by atomic mass is 79.9. The number of halogens is 1. The fourth-order valence-corrected chi connectivity index (χ4v) is 2.98. The molecule has 7 heteroatoms. The van der Waals surface area contributed by atoms with Crippen molar-refractivity contribution < 1.29 is 14.3 Å². The molecule has 2 N–H and O–H groups in total. The maximum absolute atomic E-state index is 12.2. The zero-order valence-corrected chi connectivity index (χ0v) is 17.3. The summed E-state index contributed by atoms with van der Waals surface area (Å²) in [7, 11) is 3.35. The highest BCUT2D eigenvalue weighted by molar-refractivity contribution is 9.10. The molecule has 0 radical (unpaired) electrons. The average molecular weight is 434 g/mol. The van der Waals surface area contributed by atoms with Crippen molar-refractivity contribution in [2.45, 2.75) is 13.5 Å². The van der Waals surface area contributed by atoms with Crippen LogP contribution in [0.4, 0.5) is 5.69 Å². The molecule has 0 heterocycles. The standard InChI is InChI=1S/C20H24BrN3O3/c1-14-10-16(21)6-9-18(14)23-20(26)13-24(2)12-19(25)22-11-15-4-7-17(27-3)8-5-15/h4-10H,11-13H2,1-3H3,(H,22,25)(H,23,26). The fourth-order valence-electron chi connectivity index (χ4n) is 2.50. The Morgan fingerprint density at radius 2 is 1.74 bits per heavy atom. The summed E-state index contributed by atoms with van der Waals surface area (Å²) in [5.74, 6) is 0.476. The molecule has 0 atom stereocenters. The van der Waals surface area contributed by atoms with Crippen molar-refractivity contribution in [3.63, 3.8) is 0 Å². The number of likely N-dealkylation sites (N-methyl/N-ethyl adjacent to an activating group) is 1. The van der Waals surface area contributed by atoms with Crippen LogP contribution in [0.15, 0.2) is 46.9 Å². The number of carbonyl (C=O) groups is 2. The van der Waals surface area contributed by atoms with Gasteiger partial charge in [-0.1, -0.05) is 28.1 Å². The first kappa shape index (κ1) is 20.9. The molecule has 0 unspecified atom stereocenters. The molecule has 0 aliphatic heterocycles. The first-order valence-corrected chi connectivity index (χ1v) is 9.31. The van der Waals surface area contributed by atoms with E-state index in [2.05, 4.69) is 26.6 Å². The van der Waals surface area contributed by atoms with Gasteiger partial charge >= 0.3 is 0 Å². The van der Waals surface area contributed by atoms with E-state index in [1.165, 1.54) is 0 Å². The van der Waals surface area contributed by atoms with Gasteiger partial charge in [-0.05, 0) is 55.4 Å². The van der Waals surface area contributed by atoms with Gasteiger partial charge in [-0.15, -0.1) is 0 Å². The monoisotopic (exact) mass is 433 g/mol. The molecule has 2 aromatic rings. The van der Waals surface area contributed by atoms with Crippen molar-refractivity contribution >= 4 is 33.4 Å². The van der Waals surface area contributed by atoms with Crippen LogP contribution in [0, 0.1) is 6.92 Å². The smallest absolute Gasteiger partial charge is 0.238 e. The lowest BCUT2D eigenvalue weighted by atomic mass is 10.2. The third-order valence-corrected chi connectivity index (χ3v) is 4.43. The van der Waals surface area contributed by atoms with Gasteiger partial charge in [0.15, 0.2) is 0 Å². The van der Waals surface area contributed by atoms with E-state index in [0.29, 0.717) is 6.54 Å². The predicted octanol–water partition coefficient (Wildman–Crippen LogP) is 2.95.